The highest BCUT2D eigenvalue weighted by Crippen LogP contribution is 2.39. The predicted molar refractivity (Wildman–Crippen MR) is 199 cm³/mol. The Balaban J connectivity index is 1.78. The van der Waals surface area contributed by atoms with Gasteiger partial charge in [-0.1, -0.05) is 24.6 Å². The normalized spacial score (nSPS) is 30.3. The number of quaternary nitrogens is 1. The van der Waals surface area contributed by atoms with Gasteiger partial charge in [-0.15, -0.1) is 6.58 Å². The molecular weight excluding hydrogens is 754 g/mol. The number of carbonyl (C=O) groups excluding carboxylic acids is 1. The van der Waals surface area contributed by atoms with Crippen molar-refractivity contribution in [2.45, 2.75) is 87.5 Å². The summed E-state index contributed by atoms with van der Waals surface area (Å²) in [5, 5.41) is 87.0. The zero-order valence-electron chi connectivity index (χ0n) is 31.9. The van der Waals surface area contributed by atoms with Crippen molar-refractivity contribution >= 4 is 17.9 Å². The van der Waals surface area contributed by atoms with Crippen molar-refractivity contribution < 1.29 is 79.0 Å². The summed E-state index contributed by atoms with van der Waals surface area (Å²) in [5.41, 5.74) is 6.52. The molecular formula is C37H58N5O15+. The number of likely N-dealkylation sites (N-methyl/N-ethyl adjacent to an activating group) is 1. The Hall–Kier alpha value is -3.77. The van der Waals surface area contributed by atoms with E-state index in [4.69, 9.17) is 29.4 Å². The quantitative estimate of drug-likeness (QED) is 0.0149. The first-order chi connectivity index (χ1) is 27.3. The van der Waals surface area contributed by atoms with Gasteiger partial charge in [0.1, 0.15) is 49.4 Å². The van der Waals surface area contributed by atoms with E-state index in [9.17, 15) is 50.4 Å². The summed E-state index contributed by atoms with van der Waals surface area (Å²) < 4.78 is 29.4. The predicted octanol–water partition coefficient (Wildman–Crippen LogP) is -3.82. The maximum absolute atomic E-state index is 13.9. The van der Waals surface area contributed by atoms with Crippen LogP contribution in [0.4, 0.5) is 0 Å². The lowest BCUT2D eigenvalue weighted by molar-refractivity contribution is -0.843. The molecule has 0 aromatic heterocycles. The van der Waals surface area contributed by atoms with Crippen LogP contribution in [0.1, 0.15) is 38.5 Å². The topological polar surface area (TPSA) is 309 Å². The van der Waals surface area contributed by atoms with Crippen molar-refractivity contribution in [2.75, 3.05) is 53.1 Å². The number of nitrogens with zero attached hydrogens (tertiary/aromatic N) is 1. The van der Waals surface area contributed by atoms with Crippen molar-refractivity contribution in [1.82, 2.24) is 10.6 Å². The standard InChI is InChI=1S/C37H57N5O15/c1-3-23-24(11-10-21-16-42(13-15-44)17-25(32(48)49)29(21)41-36(38)40-12-7-14-43)26(33(50)54-22-8-5-4-6-9-22)20-53-34(23)57-35-31(56-28(19-46)39-2)37(51,52)30(47)27(18-45)55-35/h3,10-11,17,20,22-24,27-28,30-31,34-35,39,43-47,51-52H,1,4-9,12-16,18-19H2,2H3,(H,48,49)(H3,38,40,41)/p+1. The van der Waals surface area contributed by atoms with Gasteiger partial charge < -0.3 is 80.5 Å². The van der Waals surface area contributed by atoms with Crippen LogP contribution in [0.5, 0.6) is 0 Å². The Morgan fingerprint density at radius 1 is 1.16 bits per heavy atom. The number of nitrogens with two attached hydrogens (primary N) is 1. The molecule has 0 aromatic rings. The zero-order chi connectivity index (χ0) is 41.7. The number of carboxylic acid groups (broad SMARTS) is 1. The third kappa shape index (κ3) is 11.7. The van der Waals surface area contributed by atoms with Crippen molar-refractivity contribution in [3.63, 3.8) is 0 Å². The minimum Gasteiger partial charge on any atom is -0.477 e. The molecule has 0 amide bonds. The van der Waals surface area contributed by atoms with Crippen LogP contribution >= 0.6 is 0 Å². The van der Waals surface area contributed by atoms with Gasteiger partial charge in [0.05, 0.1) is 43.3 Å². The Labute approximate surface area is 330 Å². The molecule has 20 heteroatoms. The Bertz CT molecular complexity index is 1520. The summed E-state index contributed by atoms with van der Waals surface area (Å²) in [6.45, 7) is 2.59. The van der Waals surface area contributed by atoms with E-state index in [1.807, 2.05) is 0 Å². The number of aliphatic carboxylic acids is 1. The highest BCUT2D eigenvalue weighted by molar-refractivity contribution is 5.94. The Morgan fingerprint density at radius 3 is 2.51 bits per heavy atom. The van der Waals surface area contributed by atoms with Gasteiger partial charge in [0.2, 0.25) is 12.1 Å². The fourth-order valence-electron chi connectivity index (χ4n) is 7.02. The first-order valence-corrected chi connectivity index (χ1v) is 19.0. The third-order valence-electron chi connectivity index (χ3n) is 10.1. The van der Waals surface area contributed by atoms with Crippen LogP contribution in [-0.4, -0.2) is 161 Å². The number of carbonyl (C=O) groups is 2. The first-order valence-electron chi connectivity index (χ1n) is 19.0. The molecule has 0 spiro atoms. The van der Waals surface area contributed by atoms with Crippen LogP contribution in [0.3, 0.4) is 0 Å². The molecule has 2 fully saturated rings. The number of aliphatic imine (C=N–C) groups is 1. The lowest BCUT2D eigenvalue weighted by atomic mass is 9.83. The fourth-order valence-corrected chi connectivity index (χ4v) is 7.02. The van der Waals surface area contributed by atoms with Crippen LogP contribution < -0.4 is 21.3 Å². The van der Waals surface area contributed by atoms with Crippen LogP contribution in [0.25, 0.3) is 0 Å². The minimum absolute atomic E-state index is 0.0568. The number of ether oxygens (including phenoxy) is 5. The van der Waals surface area contributed by atoms with E-state index in [0.717, 1.165) is 25.5 Å². The number of nitrogens with one attached hydrogen (secondary N) is 3. The summed E-state index contributed by atoms with van der Waals surface area (Å²) in [7, 11) is 1.43. The SMILES string of the molecule is C=CC1C(OC2OC(CO)C(O)C(O)(O)C2OC(CO)NC)OC=C(C(=O)OC2CCCCC2)C1C=CC1=C(NC(N)=NCCCO)C(C(=O)O)=C[NH+](CCO)C1. The van der Waals surface area contributed by atoms with Gasteiger partial charge in [-0.3, -0.25) is 10.3 Å². The molecule has 20 nitrogen and oxygen atoms in total. The van der Waals surface area contributed by atoms with Gasteiger partial charge >= 0.3 is 11.9 Å². The molecule has 4 aliphatic rings. The zero-order valence-corrected chi connectivity index (χ0v) is 31.9. The molecule has 1 saturated carbocycles. The Kier molecular flexibility index (Phi) is 17.6. The van der Waals surface area contributed by atoms with Crippen LogP contribution in [0, 0.1) is 11.8 Å². The minimum atomic E-state index is -3.07. The molecule has 0 radical (unpaired) electrons. The molecule has 0 aromatic carbocycles. The average molecular weight is 813 g/mol. The number of guanidine groups is 1. The molecule has 3 aliphatic heterocycles. The van der Waals surface area contributed by atoms with E-state index in [-0.39, 0.29) is 61.8 Å². The van der Waals surface area contributed by atoms with E-state index < -0.39 is 79.9 Å². The van der Waals surface area contributed by atoms with E-state index in [2.05, 4.69) is 22.2 Å². The molecule has 1 saturated heterocycles. The highest BCUT2D eigenvalue weighted by Gasteiger charge is 2.58. The van der Waals surface area contributed by atoms with Crippen molar-refractivity contribution in [3.05, 3.63) is 59.7 Å². The Morgan fingerprint density at radius 2 is 1.89 bits per heavy atom. The van der Waals surface area contributed by atoms with Gasteiger partial charge in [-0.2, -0.15) is 0 Å². The largest absolute Gasteiger partial charge is 0.477 e. The number of aliphatic hydroxyl groups excluding tert-OH is 5. The number of allylic oxidation sites excluding steroid dienone is 1. The van der Waals surface area contributed by atoms with Gasteiger partial charge in [0.15, 0.2) is 18.4 Å². The second kappa shape index (κ2) is 21.8. The summed E-state index contributed by atoms with van der Waals surface area (Å²) >= 11 is 0. The van der Waals surface area contributed by atoms with E-state index in [1.165, 1.54) is 19.3 Å². The summed E-state index contributed by atoms with van der Waals surface area (Å²) in [5.74, 6) is -7.05. The number of hydrogen-bond donors (Lipinski definition) is 12. The van der Waals surface area contributed by atoms with E-state index in [0.29, 0.717) is 29.7 Å². The second-order valence-electron chi connectivity index (χ2n) is 14.1. The lowest BCUT2D eigenvalue weighted by Crippen LogP contribution is -3.09. The molecule has 9 unspecified atom stereocenters. The van der Waals surface area contributed by atoms with E-state index >= 15 is 0 Å². The smallest absolute Gasteiger partial charge is 0.343 e. The molecule has 320 valence electrons. The van der Waals surface area contributed by atoms with Gasteiger partial charge in [0, 0.05) is 24.6 Å². The fraction of sp³-hybridized carbons (Fsp3) is 0.649. The van der Waals surface area contributed by atoms with Crippen LogP contribution in [0.15, 0.2) is 64.7 Å². The second-order valence-corrected chi connectivity index (χ2v) is 14.1. The molecule has 0 bridgehead atoms. The molecule has 1 aliphatic carbocycles. The average Bonchev–Trinajstić information content (AvgIpc) is 3.19. The summed E-state index contributed by atoms with van der Waals surface area (Å²) in [6.07, 6.45) is 1.50. The monoisotopic (exact) mass is 812 g/mol. The van der Waals surface area contributed by atoms with Crippen molar-refractivity contribution in [2.24, 2.45) is 22.6 Å². The van der Waals surface area contributed by atoms with Gasteiger partial charge in [-0.05, 0) is 39.2 Å². The van der Waals surface area contributed by atoms with Crippen molar-refractivity contribution in [1.29, 1.82) is 0 Å². The number of rotatable bonds is 19. The number of esters is 1. The van der Waals surface area contributed by atoms with Crippen molar-refractivity contribution in [3.8, 4) is 0 Å². The molecule has 13 N–H and O–H groups in total. The molecule has 9 atom stereocenters. The maximum Gasteiger partial charge on any atom is 0.343 e. The maximum atomic E-state index is 13.9. The molecule has 57 heavy (non-hydrogen) atoms. The number of hydrogen-bond acceptors (Lipinski definition) is 16. The van der Waals surface area contributed by atoms with Gasteiger partial charge in [0.25, 0.3) is 0 Å². The van der Waals surface area contributed by atoms with Crippen LogP contribution in [-0.2, 0) is 33.3 Å². The number of aliphatic hydroxyl groups is 7. The first kappa shape index (κ1) is 45.9. The molecule has 4 rings (SSSR count). The van der Waals surface area contributed by atoms with Crippen LogP contribution in [0.2, 0.25) is 0 Å². The summed E-state index contributed by atoms with van der Waals surface area (Å²) in [6, 6.07) is 0. The lowest BCUT2D eigenvalue weighted by Gasteiger charge is -2.48. The molecule has 3 heterocycles. The summed E-state index contributed by atoms with van der Waals surface area (Å²) in [4.78, 5) is 31.2. The third-order valence-corrected chi connectivity index (χ3v) is 10.1. The number of carboxylic acids is 1. The highest BCUT2D eigenvalue weighted by atomic mass is 16.8. The van der Waals surface area contributed by atoms with E-state index in [1.54, 1.807) is 12.2 Å². The van der Waals surface area contributed by atoms with Gasteiger partial charge in [-0.25, -0.2) is 9.59 Å².